The molecule has 3 nitrogen and oxygen atoms in total. The van der Waals surface area contributed by atoms with Crippen LogP contribution in [0.3, 0.4) is 0 Å². The van der Waals surface area contributed by atoms with E-state index in [4.69, 9.17) is 5.73 Å². The van der Waals surface area contributed by atoms with Crippen LogP contribution in [0.2, 0.25) is 0 Å². The number of aromatic nitrogens is 2. The van der Waals surface area contributed by atoms with E-state index in [9.17, 15) is 0 Å². The lowest BCUT2D eigenvalue weighted by Gasteiger charge is -2.22. The van der Waals surface area contributed by atoms with Crippen molar-refractivity contribution in [1.82, 2.24) is 9.97 Å². The Labute approximate surface area is 128 Å². The number of halogens is 1. The van der Waals surface area contributed by atoms with Crippen LogP contribution >= 0.6 is 34.4 Å². The molecule has 0 aliphatic rings. The molecule has 0 amide bonds. The van der Waals surface area contributed by atoms with Gasteiger partial charge in [0.1, 0.15) is 11.6 Å². The van der Waals surface area contributed by atoms with Gasteiger partial charge in [0.15, 0.2) is 0 Å². The average molecular weight is 379 g/mol. The summed E-state index contributed by atoms with van der Waals surface area (Å²) in [5.41, 5.74) is 7.03. The van der Waals surface area contributed by atoms with Crippen molar-refractivity contribution in [2.45, 2.75) is 57.5 Å². The minimum Gasteiger partial charge on any atom is -0.383 e. The highest BCUT2D eigenvalue weighted by atomic mass is 127. The summed E-state index contributed by atoms with van der Waals surface area (Å²) in [6.45, 7) is 13.0. The van der Waals surface area contributed by atoms with E-state index in [1.54, 1.807) is 0 Å². The van der Waals surface area contributed by atoms with Crippen molar-refractivity contribution in [2.75, 3.05) is 5.73 Å². The van der Waals surface area contributed by atoms with Crippen molar-refractivity contribution >= 4 is 40.2 Å². The zero-order valence-electron chi connectivity index (χ0n) is 12.0. The number of nitrogen functional groups attached to an aromatic ring is 1. The zero-order valence-corrected chi connectivity index (χ0v) is 14.9. The van der Waals surface area contributed by atoms with Crippen molar-refractivity contribution in [1.29, 1.82) is 0 Å². The van der Waals surface area contributed by atoms with Gasteiger partial charge in [-0.25, -0.2) is 9.97 Å². The first kappa shape index (κ1) is 16.0. The molecule has 0 atom stereocenters. The van der Waals surface area contributed by atoms with Crippen LogP contribution in [0.5, 0.6) is 0 Å². The molecular weight excluding hydrogens is 357 g/mol. The number of nitrogens with zero attached hydrogens (tertiary/aromatic N) is 2. The number of hydrogen-bond donors (Lipinski definition) is 1. The third-order valence-electron chi connectivity index (χ3n) is 2.27. The lowest BCUT2D eigenvalue weighted by molar-refractivity contribution is 0.560. The van der Waals surface area contributed by atoms with Crippen molar-refractivity contribution in [3.8, 4) is 0 Å². The molecule has 18 heavy (non-hydrogen) atoms. The Morgan fingerprint density at radius 1 is 1.11 bits per heavy atom. The molecule has 0 spiro atoms. The Morgan fingerprint density at radius 2 is 1.67 bits per heavy atom. The van der Waals surface area contributed by atoms with Gasteiger partial charge in [-0.3, -0.25) is 0 Å². The Hall–Kier alpha value is -0.0400. The summed E-state index contributed by atoms with van der Waals surface area (Å²) in [5, 5.41) is 0. The van der Waals surface area contributed by atoms with E-state index in [2.05, 4.69) is 74.1 Å². The molecule has 1 aromatic rings. The molecule has 0 unspecified atom stereocenters. The lowest BCUT2D eigenvalue weighted by Crippen LogP contribution is -2.19. The predicted octanol–water partition coefficient (Wildman–Crippen LogP) is 3.99. The van der Waals surface area contributed by atoms with Crippen LogP contribution in [-0.4, -0.2) is 14.7 Å². The predicted molar refractivity (Wildman–Crippen MR) is 88.9 cm³/mol. The molecule has 2 N–H and O–H groups in total. The van der Waals surface area contributed by atoms with Gasteiger partial charge in [0.2, 0.25) is 0 Å². The molecule has 0 aliphatic heterocycles. The summed E-state index contributed by atoms with van der Waals surface area (Å²) in [6.07, 6.45) is 0. The molecule has 1 aromatic heterocycles. The fourth-order valence-electron chi connectivity index (χ4n) is 1.36. The van der Waals surface area contributed by atoms with E-state index in [1.165, 1.54) is 0 Å². The molecule has 102 valence electrons. The Kier molecular flexibility index (Phi) is 4.92. The van der Waals surface area contributed by atoms with Gasteiger partial charge in [0.05, 0.1) is 15.0 Å². The molecule has 0 bridgehead atoms. The monoisotopic (exact) mass is 379 g/mol. The maximum Gasteiger partial charge on any atom is 0.140 e. The number of thioether (sulfide) groups is 1. The van der Waals surface area contributed by atoms with Gasteiger partial charge >= 0.3 is 0 Å². The van der Waals surface area contributed by atoms with Crippen molar-refractivity contribution in [3.63, 3.8) is 0 Å². The third kappa shape index (κ3) is 4.57. The second kappa shape index (κ2) is 5.53. The maximum absolute atomic E-state index is 5.99. The van der Waals surface area contributed by atoms with Gasteiger partial charge in [-0.05, 0) is 22.6 Å². The summed E-state index contributed by atoms with van der Waals surface area (Å²) in [4.78, 5) is 9.08. The minimum atomic E-state index is -0.00523. The highest BCUT2D eigenvalue weighted by Gasteiger charge is 2.22. The molecule has 0 saturated carbocycles. The van der Waals surface area contributed by atoms with E-state index >= 15 is 0 Å². The highest BCUT2D eigenvalue weighted by Crippen LogP contribution is 2.30. The number of hydrogen-bond acceptors (Lipinski definition) is 4. The molecule has 1 heterocycles. The fourth-order valence-corrected chi connectivity index (χ4v) is 3.10. The zero-order chi connectivity index (χ0) is 14.1. The smallest absolute Gasteiger partial charge is 0.140 e. The average Bonchev–Trinajstić information content (AvgIpc) is 2.16. The lowest BCUT2D eigenvalue weighted by atomic mass is 9.92. The molecule has 0 aromatic carbocycles. The van der Waals surface area contributed by atoms with Gasteiger partial charge in [0.25, 0.3) is 0 Å². The van der Waals surface area contributed by atoms with E-state index in [0.29, 0.717) is 5.82 Å². The molecule has 0 fully saturated rings. The number of rotatable bonds is 2. The second-order valence-electron chi connectivity index (χ2n) is 6.34. The van der Waals surface area contributed by atoms with Crippen molar-refractivity contribution in [2.24, 2.45) is 0 Å². The normalized spacial score (nSPS) is 12.8. The Balaban J connectivity index is 3.06. The molecule has 5 heteroatoms. The minimum absolute atomic E-state index is 0.00523. The summed E-state index contributed by atoms with van der Waals surface area (Å²) < 4.78 is 1.19. The van der Waals surface area contributed by atoms with Crippen molar-refractivity contribution < 1.29 is 0 Å². The van der Waals surface area contributed by atoms with Gasteiger partial charge in [0, 0.05) is 10.2 Å². The first-order valence-electron chi connectivity index (χ1n) is 5.97. The van der Waals surface area contributed by atoms with E-state index in [0.717, 1.165) is 20.8 Å². The van der Waals surface area contributed by atoms with Crippen LogP contribution in [0.15, 0.2) is 0 Å². The van der Waals surface area contributed by atoms with Crippen LogP contribution in [0, 0.1) is 3.57 Å². The molecule has 0 radical (unpaired) electrons. The van der Waals surface area contributed by atoms with Crippen LogP contribution in [0.1, 0.15) is 53.1 Å². The SMILES string of the molecule is CC(C)(C)SCc1nc(N)c(I)c(C(C)(C)C)n1. The van der Waals surface area contributed by atoms with Gasteiger partial charge < -0.3 is 5.73 Å². The summed E-state index contributed by atoms with van der Waals surface area (Å²) in [6, 6.07) is 0. The number of anilines is 1. The first-order valence-corrected chi connectivity index (χ1v) is 8.03. The van der Waals surface area contributed by atoms with Crippen LogP contribution in [-0.2, 0) is 11.2 Å². The highest BCUT2D eigenvalue weighted by molar-refractivity contribution is 14.1. The van der Waals surface area contributed by atoms with Gasteiger partial charge in [-0.2, -0.15) is 0 Å². The van der Waals surface area contributed by atoms with E-state index < -0.39 is 0 Å². The van der Waals surface area contributed by atoms with Gasteiger partial charge in [-0.15, -0.1) is 11.8 Å². The van der Waals surface area contributed by atoms with Gasteiger partial charge in [-0.1, -0.05) is 41.5 Å². The quantitative estimate of drug-likeness (QED) is 0.790. The topological polar surface area (TPSA) is 51.8 Å². The standard InChI is InChI=1S/C13H22IN3S/c1-12(2,3)10-9(14)11(15)17-8(16-10)7-18-13(4,5)6/h7H2,1-6H3,(H2,15,16,17). The Morgan fingerprint density at radius 3 is 2.11 bits per heavy atom. The summed E-state index contributed by atoms with van der Waals surface area (Å²) >= 11 is 4.07. The maximum atomic E-state index is 5.99. The molecule has 0 saturated heterocycles. The third-order valence-corrected chi connectivity index (χ3v) is 4.60. The largest absolute Gasteiger partial charge is 0.383 e. The number of nitrogens with two attached hydrogens (primary N) is 1. The van der Waals surface area contributed by atoms with E-state index in [-0.39, 0.29) is 10.2 Å². The van der Waals surface area contributed by atoms with Crippen molar-refractivity contribution in [3.05, 3.63) is 15.1 Å². The van der Waals surface area contributed by atoms with Crippen LogP contribution in [0.4, 0.5) is 5.82 Å². The second-order valence-corrected chi connectivity index (χ2v) is 9.22. The Bertz CT molecular complexity index is 433. The first-order chi connectivity index (χ1) is 8.00. The summed E-state index contributed by atoms with van der Waals surface area (Å²) in [5.74, 6) is 2.23. The fraction of sp³-hybridized carbons (Fsp3) is 0.692. The molecule has 0 aliphatic carbocycles. The summed E-state index contributed by atoms with van der Waals surface area (Å²) in [7, 11) is 0. The molecule has 1 rings (SSSR count). The van der Waals surface area contributed by atoms with Crippen LogP contribution in [0.25, 0.3) is 0 Å². The molecular formula is C13H22IN3S. The van der Waals surface area contributed by atoms with Crippen LogP contribution < -0.4 is 5.73 Å². The van der Waals surface area contributed by atoms with E-state index in [1.807, 2.05) is 11.8 Å².